The Balaban J connectivity index is 2.10. The molecule has 2 rings (SSSR count). The van der Waals surface area contributed by atoms with Crippen LogP contribution < -0.4 is 10.2 Å². The van der Waals surface area contributed by atoms with Crippen molar-refractivity contribution >= 4 is 5.69 Å². The fraction of sp³-hybridized carbons (Fsp3) is 0.500. The minimum Gasteiger partial charge on any atom is -0.369 e. The predicted molar refractivity (Wildman–Crippen MR) is 60.7 cm³/mol. The second-order valence-electron chi connectivity index (χ2n) is 4.15. The molecular formula is C12H16F2N2. The van der Waals surface area contributed by atoms with E-state index in [0.29, 0.717) is 11.7 Å². The summed E-state index contributed by atoms with van der Waals surface area (Å²) in [5.41, 5.74) is 0.384. The van der Waals surface area contributed by atoms with Gasteiger partial charge in [-0.2, -0.15) is 0 Å². The summed E-state index contributed by atoms with van der Waals surface area (Å²) in [6, 6.07) is 4.11. The Morgan fingerprint density at radius 1 is 1.25 bits per heavy atom. The van der Waals surface area contributed by atoms with Gasteiger partial charge >= 0.3 is 0 Å². The van der Waals surface area contributed by atoms with Crippen LogP contribution in [0.3, 0.4) is 0 Å². The molecule has 1 heterocycles. The van der Waals surface area contributed by atoms with E-state index in [1.165, 1.54) is 12.1 Å². The van der Waals surface area contributed by atoms with Crippen LogP contribution in [0.25, 0.3) is 0 Å². The minimum atomic E-state index is -0.382. The van der Waals surface area contributed by atoms with Gasteiger partial charge in [-0.25, -0.2) is 8.78 Å². The molecule has 0 aromatic heterocycles. The van der Waals surface area contributed by atoms with Crippen LogP contribution in [-0.4, -0.2) is 26.2 Å². The van der Waals surface area contributed by atoms with Crippen molar-refractivity contribution < 1.29 is 8.78 Å². The molecule has 16 heavy (non-hydrogen) atoms. The summed E-state index contributed by atoms with van der Waals surface area (Å²) in [7, 11) is 1.93. The van der Waals surface area contributed by atoms with Crippen LogP contribution in [0.2, 0.25) is 0 Å². The van der Waals surface area contributed by atoms with Gasteiger partial charge in [-0.15, -0.1) is 0 Å². The van der Waals surface area contributed by atoms with Crippen LogP contribution in [0.1, 0.15) is 12.8 Å². The molecule has 1 fully saturated rings. The fourth-order valence-corrected chi connectivity index (χ4v) is 2.14. The summed E-state index contributed by atoms with van der Waals surface area (Å²) in [5, 5.41) is 3.21. The van der Waals surface area contributed by atoms with E-state index in [9.17, 15) is 8.78 Å². The Hall–Kier alpha value is -1.16. The Labute approximate surface area is 94.3 Å². The van der Waals surface area contributed by atoms with E-state index in [1.807, 2.05) is 11.9 Å². The molecular weight excluding hydrogens is 210 g/mol. The first-order valence-corrected chi connectivity index (χ1v) is 5.58. The van der Waals surface area contributed by atoms with Crippen LogP contribution in [0.15, 0.2) is 18.2 Å². The first-order valence-electron chi connectivity index (χ1n) is 5.58. The van der Waals surface area contributed by atoms with Gasteiger partial charge in [0.15, 0.2) is 0 Å². The lowest BCUT2D eigenvalue weighted by molar-refractivity contribution is 0.438. The molecule has 1 N–H and O–H groups in total. The third-order valence-corrected chi connectivity index (χ3v) is 3.15. The largest absolute Gasteiger partial charge is 0.369 e. The second kappa shape index (κ2) is 4.78. The van der Waals surface area contributed by atoms with Crippen molar-refractivity contribution in [3.63, 3.8) is 0 Å². The molecule has 88 valence electrons. The van der Waals surface area contributed by atoms with E-state index in [-0.39, 0.29) is 11.6 Å². The highest BCUT2D eigenvalue weighted by Crippen LogP contribution is 2.23. The Morgan fingerprint density at radius 2 is 1.94 bits per heavy atom. The lowest BCUT2D eigenvalue weighted by Gasteiger charge is -2.33. The molecule has 4 heteroatoms. The lowest BCUT2D eigenvalue weighted by atomic mass is 10.0. The average Bonchev–Trinajstić information content (AvgIpc) is 2.32. The van der Waals surface area contributed by atoms with Gasteiger partial charge in [-0.3, -0.25) is 0 Å². The summed E-state index contributed by atoms with van der Waals surface area (Å²) in [6.45, 7) is 1.54. The van der Waals surface area contributed by atoms with Gasteiger partial charge in [-0.05, 0) is 32.0 Å². The van der Waals surface area contributed by atoms with Crippen LogP contribution in [0.5, 0.6) is 0 Å². The number of benzene rings is 1. The number of piperidine rings is 1. The molecule has 0 radical (unpaired) electrons. The number of hydrogen-bond acceptors (Lipinski definition) is 2. The maximum Gasteiger partial charge on any atom is 0.146 e. The molecule has 1 aliphatic rings. The molecule has 0 spiro atoms. The maximum absolute atomic E-state index is 13.5. The maximum atomic E-state index is 13.5. The SMILES string of the molecule is CNC1CCN(c2cc(F)ccc2F)CC1. The van der Waals surface area contributed by atoms with Gasteiger partial charge in [0.1, 0.15) is 11.6 Å². The van der Waals surface area contributed by atoms with E-state index in [0.717, 1.165) is 32.0 Å². The van der Waals surface area contributed by atoms with E-state index < -0.39 is 0 Å². The third-order valence-electron chi connectivity index (χ3n) is 3.15. The van der Waals surface area contributed by atoms with Crippen molar-refractivity contribution in [2.24, 2.45) is 0 Å². The Kier molecular flexibility index (Phi) is 3.39. The summed E-state index contributed by atoms with van der Waals surface area (Å²) in [4.78, 5) is 1.91. The van der Waals surface area contributed by atoms with E-state index in [1.54, 1.807) is 0 Å². The van der Waals surface area contributed by atoms with E-state index >= 15 is 0 Å². The van der Waals surface area contributed by atoms with E-state index in [2.05, 4.69) is 5.32 Å². The zero-order valence-electron chi connectivity index (χ0n) is 9.34. The predicted octanol–water partition coefficient (Wildman–Crippen LogP) is 2.15. The summed E-state index contributed by atoms with van der Waals surface area (Å²) in [6.07, 6.45) is 1.93. The summed E-state index contributed by atoms with van der Waals surface area (Å²) < 4.78 is 26.5. The van der Waals surface area contributed by atoms with Gasteiger partial charge in [0, 0.05) is 25.2 Å². The molecule has 1 aromatic rings. The molecule has 0 saturated carbocycles. The molecule has 1 aliphatic heterocycles. The molecule has 0 aliphatic carbocycles. The number of hydrogen-bond donors (Lipinski definition) is 1. The molecule has 0 atom stereocenters. The third kappa shape index (κ3) is 2.32. The van der Waals surface area contributed by atoms with Gasteiger partial charge in [0.25, 0.3) is 0 Å². The number of rotatable bonds is 2. The lowest BCUT2D eigenvalue weighted by Crippen LogP contribution is -2.41. The summed E-state index contributed by atoms with van der Waals surface area (Å²) in [5.74, 6) is -0.726. The highest BCUT2D eigenvalue weighted by Gasteiger charge is 2.20. The average molecular weight is 226 g/mol. The normalized spacial score (nSPS) is 17.8. The second-order valence-corrected chi connectivity index (χ2v) is 4.15. The fourth-order valence-electron chi connectivity index (χ4n) is 2.14. The summed E-state index contributed by atoms with van der Waals surface area (Å²) >= 11 is 0. The zero-order chi connectivity index (χ0) is 11.5. The molecule has 0 amide bonds. The molecule has 0 unspecified atom stereocenters. The highest BCUT2D eigenvalue weighted by molar-refractivity contribution is 5.48. The standard InChI is InChI=1S/C12H16F2N2/c1-15-10-4-6-16(7-5-10)12-8-9(13)2-3-11(12)14/h2-3,8,10,15H,4-7H2,1H3. The van der Waals surface area contributed by atoms with Crippen LogP contribution in [0.4, 0.5) is 14.5 Å². The van der Waals surface area contributed by atoms with Gasteiger partial charge in [0.05, 0.1) is 5.69 Å². The van der Waals surface area contributed by atoms with Crippen LogP contribution in [0, 0.1) is 11.6 Å². The first kappa shape index (κ1) is 11.3. The quantitative estimate of drug-likeness (QED) is 0.831. The number of nitrogens with one attached hydrogen (secondary N) is 1. The van der Waals surface area contributed by atoms with Crippen LogP contribution in [-0.2, 0) is 0 Å². The highest BCUT2D eigenvalue weighted by atomic mass is 19.1. The van der Waals surface area contributed by atoms with E-state index in [4.69, 9.17) is 0 Å². The Morgan fingerprint density at radius 3 is 2.56 bits per heavy atom. The van der Waals surface area contributed by atoms with Gasteiger partial charge < -0.3 is 10.2 Å². The van der Waals surface area contributed by atoms with Crippen molar-refractivity contribution in [1.29, 1.82) is 0 Å². The van der Waals surface area contributed by atoms with Crippen molar-refractivity contribution in [2.45, 2.75) is 18.9 Å². The molecule has 0 bridgehead atoms. The number of nitrogens with zero attached hydrogens (tertiary/aromatic N) is 1. The Bertz CT molecular complexity index is 360. The molecule has 1 aromatic carbocycles. The van der Waals surface area contributed by atoms with Crippen molar-refractivity contribution in [3.8, 4) is 0 Å². The van der Waals surface area contributed by atoms with Crippen LogP contribution >= 0.6 is 0 Å². The topological polar surface area (TPSA) is 15.3 Å². The van der Waals surface area contributed by atoms with Crippen molar-refractivity contribution in [2.75, 3.05) is 25.0 Å². The molecule has 2 nitrogen and oxygen atoms in total. The number of anilines is 1. The monoisotopic (exact) mass is 226 g/mol. The van der Waals surface area contributed by atoms with Gasteiger partial charge in [-0.1, -0.05) is 0 Å². The van der Waals surface area contributed by atoms with Gasteiger partial charge in [0.2, 0.25) is 0 Å². The smallest absolute Gasteiger partial charge is 0.146 e. The minimum absolute atomic E-state index is 0.343. The van der Waals surface area contributed by atoms with Crippen molar-refractivity contribution in [1.82, 2.24) is 5.32 Å². The number of halogens is 2. The first-order chi connectivity index (χ1) is 7.70. The van der Waals surface area contributed by atoms with Crippen molar-refractivity contribution in [3.05, 3.63) is 29.8 Å². The molecule has 1 saturated heterocycles. The zero-order valence-corrected chi connectivity index (χ0v) is 9.34.